The molecular weight excluding hydrogens is 410 g/mol. The SMILES string of the molecule is NC(c1ccc(Br)cc1)c1ccc(Br)cc1Br. The first-order chi connectivity index (χ1) is 8.08. The minimum Gasteiger partial charge on any atom is -0.320 e. The van der Waals surface area contributed by atoms with Gasteiger partial charge in [0.15, 0.2) is 0 Å². The Bertz CT molecular complexity index is 523. The fourth-order valence-electron chi connectivity index (χ4n) is 1.60. The van der Waals surface area contributed by atoms with Crippen molar-refractivity contribution >= 4 is 47.8 Å². The second-order valence-corrected chi connectivity index (χ2v) is 6.38. The Balaban J connectivity index is 2.36. The maximum absolute atomic E-state index is 6.26. The van der Waals surface area contributed by atoms with Gasteiger partial charge in [-0.2, -0.15) is 0 Å². The van der Waals surface area contributed by atoms with Crippen molar-refractivity contribution in [1.29, 1.82) is 0 Å². The summed E-state index contributed by atoms with van der Waals surface area (Å²) in [5.41, 5.74) is 8.43. The lowest BCUT2D eigenvalue weighted by Gasteiger charge is -2.14. The quantitative estimate of drug-likeness (QED) is 0.726. The van der Waals surface area contributed by atoms with E-state index in [0.29, 0.717) is 0 Å². The Morgan fingerprint density at radius 3 is 2.00 bits per heavy atom. The van der Waals surface area contributed by atoms with E-state index in [9.17, 15) is 0 Å². The van der Waals surface area contributed by atoms with E-state index in [1.165, 1.54) is 0 Å². The van der Waals surface area contributed by atoms with E-state index in [4.69, 9.17) is 5.73 Å². The van der Waals surface area contributed by atoms with Crippen LogP contribution in [0.15, 0.2) is 55.9 Å². The number of halogens is 3. The minimum atomic E-state index is -0.120. The zero-order chi connectivity index (χ0) is 12.4. The van der Waals surface area contributed by atoms with Gasteiger partial charge in [-0.05, 0) is 35.4 Å². The van der Waals surface area contributed by atoms with Gasteiger partial charge in [-0.1, -0.05) is 66.0 Å². The second-order valence-electron chi connectivity index (χ2n) is 3.70. The van der Waals surface area contributed by atoms with E-state index in [1.807, 2.05) is 42.5 Å². The molecule has 1 nitrogen and oxygen atoms in total. The number of nitrogens with two attached hydrogens (primary N) is 1. The summed E-state index contributed by atoms with van der Waals surface area (Å²) in [5.74, 6) is 0. The van der Waals surface area contributed by atoms with Gasteiger partial charge in [0.05, 0.1) is 6.04 Å². The zero-order valence-corrected chi connectivity index (χ0v) is 13.6. The average molecular weight is 420 g/mol. The standard InChI is InChI=1S/C13H10Br3N/c14-9-3-1-8(2-4-9)13(17)11-6-5-10(15)7-12(11)16/h1-7,13H,17H2. The van der Waals surface area contributed by atoms with Crippen molar-refractivity contribution in [1.82, 2.24) is 0 Å². The maximum Gasteiger partial charge on any atom is 0.0562 e. The van der Waals surface area contributed by atoms with Crippen LogP contribution in [0.1, 0.15) is 17.2 Å². The predicted octanol–water partition coefficient (Wildman–Crippen LogP) is 5.02. The van der Waals surface area contributed by atoms with Gasteiger partial charge in [0, 0.05) is 13.4 Å². The Kier molecular flexibility index (Phi) is 4.42. The first kappa shape index (κ1) is 13.3. The summed E-state index contributed by atoms with van der Waals surface area (Å²) in [5, 5.41) is 0. The molecule has 0 radical (unpaired) electrons. The Labute approximate surface area is 126 Å². The van der Waals surface area contributed by atoms with Gasteiger partial charge in [-0.25, -0.2) is 0 Å². The Morgan fingerprint density at radius 1 is 0.824 bits per heavy atom. The van der Waals surface area contributed by atoms with E-state index in [-0.39, 0.29) is 6.04 Å². The largest absolute Gasteiger partial charge is 0.320 e. The third kappa shape index (κ3) is 3.19. The van der Waals surface area contributed by atoms with Crippen LogP contribution >= 0.6 is 47.8 Å². The lowest BCUT2D eigenvalue weighted by molar-refractivity contribution is 0.865. The maximum atomic E-state index is 6.26. The van der Waals surface area contributed by atoms with Crippen molar-refractivity contribution in [3.05, 3.63) is 67.0 Å². The van der Waals surface area contributed by atoms with Gasteiger partial charge in [-0.3, -0.25) is 0 Å². The predicted molar refractivity (Wildman–Crippen MR) is 82.0 cm³/mol. The topological polar surface area (TPSA) is 26.0 Å². The molecule has 0 saturated carbocycles. The summed E-state index contributed by atoms with van der Waals surface area (Å²) < 4.78 is 3.11. The molecule has 0 aliphatic carbocycles. The lowest BCUT2D eigenvalue weighted by Crippen LogP contribution is -2.12. The van der Waals surface area contributed by atoms with Gasteiger partial charge >= 0.3 is 0 Å². The van der Waals surface area contributed by atoms with Crippen LogP contribution in [-0.2, 0) is 0 Å². The minimum absolute atomic E-state index is 0.120. The third-order valence-corrected chi connectivity index (χ3v) is 4.24. The molecule has 0 aliphatic heterocycles. The Morgan fingerprint density at radius 2 is 1.41 bits per heavy atom. The number of hydrogen-bond acceptors (Lipinski definition) is 1. The van der Waals surface area contributed by atoms with Crippen LogP contribution in [0.4, 0.5) is 0 Å². The summed E-state index contributed by atoms with van der Waals surface area (Å²) in [7, 11) is 0. The molecule has 17 heavy (non-hydrogen) atoms. The molecule has 1 atom stereocenters. The molecule has 0 aliphatic rings. The van der Waals surface area contributed by atoms with E-state index in [2.05, 4.69) is 47.8 Å². The Hall–Kier alpha value is -0.160. The molecule has 2 rings (SSSR count). The molecule has 4 heteroatoms. The first-order valence-electron chi connectivity index (χ1n) is 5.04. The fraction of sp³-hybridized carbons (Fsp3) is 0.0769. The van der Waals surface area contributed by atoms with Crippen LogP contribution in [0.5, 0.6) is 0 Å². The van der Waals surface area contributed by atoms with Crippen molar-refractivity contribution in [2.45, 2.75) is 6.04 Å². The van der Waals surface area contributed by atoms with Gasteiger partial charge < -0.3 is 5.73 Å². The van der Waals surface area contributed by atoms with Crippen LogP contribution in [0.25, 0.3) is 0 Å². The van der Waals surface area contributed by atoms with Crippen molar-refractivity contribution < 1.29 is 0 Å². The first-order valence-corrected chi connectivity index (χ1v) is 7.42. The highest BCUT2D eigenvalue weighted by Gasteiger charge is 2.12. The molecule has 1 unspecified atom stereocenters. The van der Waals surface area contributed by atoms with Crippen LogP contribution in [-0.4, -0.2) is 0 Å². The molecule has 2 aromatic rings. The van der Waals surface area contributed by atoms with Gasteiger partial charge in [-0.15, -0.1) is 0 Å². The molecule has 0 heterocycles. The van der Waals surface area contributed by atoms with Crippen LogP contribution in [0.2, 0.25) is 0 Å². The molecule has 0 saturated heterocycles. The summed E-state index contributed by atoms with van der Waals surface area (Å²) in [6, 6.07) is 14.0. The van der Waals surface area contributed by atoms with Crippen LogP contribution in [0.3, 0.4) is 0 Å². The fourth-order valence-corrected chi connectivity index (χ4v) is 3.16. The summed E-state index contributed by atoms with van der Waals surface area (Å²) in [4.78, 5) is 0. The van der Waals surface area contributed by atoms with Crippen LogP contribution in [0, 0.1) is 0 Å². The molecule has 2 aromatic carbocycles. The summed E-state index contributed by atoms with van der Waals surface area (Å²) >= 11 is 10.4. The number of hydrogen-bond donors (Lipinski definition) is 1. The van der Waals surface area contributed by atoms with Gasteiger partial charge in [0.2, 0.25) is 0 Å². The highest BCUT2D eigenvalue weighted by molar-refractivity contribution is 9.11. The normalized spacial score (nSPS) is 12.5. The number of benzene rings is 2. The molecule has 0 bridgehead atoms. The molecule has 0 amide bonds. The van der Waals surface area contributed by atoms with Crippen molar-refractivity contribution in [2.24, 2.45) is 5.73 Å². The number of rotatable bonds is 2. The zero-order valence-electron chi connectivity index (χ0n) is 8.83. The highest BCUT2D eigenvalue weighted by atomic mass is 79.9. The van der Waals surface area contributed by atoms with Crippen molar-refractivity contribution in [2.75, 3.05) is 0 Å². The molecular formula is C13H10Br3N. The second kappa shape index (κ2) is 5.65. The van der Waals surface area contributed by atoms with Crippen molar-refractivity contribution in [3.8, 4) is 0 Å². The smallest absolute Gasteiger partial charge is 0.0562 e. The lowest BCUT2D eigenvalue weighted by atomic mass is 10.00. The van der Waals surface area contributed by atoms with Crippen LogP contribution < -0.4 is 5.73 Å². The van der Waals surface area contributed by atoms with Gasteiger partial charge in [0.25, 0.3) is 0 Å². The van der Waals surface area contributed by atoms with Gasteiger partial charge in [0.1, 0.15) is 0 Å². The molecule has 0 fully saturated rings. The summed E-state index contributed by atoms with van der Waals surface area (Å²) in [6.45, 7) is 0. The van der Waals surface area contributed by atoms with E-state index in [0.717, 1.165) is 24.5 Å². The van der Waals surface area contributed by atoms with Crippen molar-refractivity contribution in [3.63, 3.8) is 0 Å². The van der Waals surface area contributed by atoms with E-state index >= 15 is 0 Å². The monoisotopic (exact) mass is 417 g/mol. The molecule has 2 N–H and O–H groups in total. The molecule has 0 spiro atoms. The highest BCUT2D eigenvalue weighted by Crippen LogP contribution is 2.29. The van der Waals surface area contributed by atoms with E-state index < -0.39 is 0 Å². The molecule has 0 aromatic heterocycles. The summed E-state index contributed by atoms with van der Waals surface area (Å²) in [6.07, 6.45) is 0. The third-order valence-electron chi connectivity index (χ3n) is 2.53. The molecule has 88 valence electrons. The average Bonchev–Trinajstić information content (AvgIpc) is 2.29. The van der Waals surface area contributed by atoms with E-state index in [1.54, 1.807) is 0 Å².